The summed E-state index contributed by atoms with van der Waals surface area (Å²) in [6.07, 6.45) is 1.84. The third kappa shape index (κ3) is 2.89. The zero-order valence-electron chi connectivity index (χ0n) is 9.82. The molecule has 2 rings (SSSR count). The van der Waals surface area contributed by atoms with Crippen molar-refractivity contribution < 1.29 is 0 Å². The van der Waals surface area contributed by atoms with Gasteiger partial charge in [0.25, 0.3) is 0 Å². The molecule has 1 unspecified atom stereocenters. The summed E-state index contributed by atoms with van der Waals surface area (Å²) in [6, 6.07) is 10.1. The van der Waals surface area contributed by atoms with Crippen molar-refractivity contribution in [2.45, 2.75) is 25.8 Å². The normalized spacial score (nSPS) is 12.6. The second-order valence-electron chi connectivity index (χ2n) is 4.07. The fraction of sp³-hybridized carbons (Fsp3) is 0.286. The minimum Gasteiger partial charge on any atom is -0.323 e. The predicted octanol–water partition coefficient (Wildman–Crippen LogP) is 4.21. The molecule has 0 spiro atoms. The molecule has 1 aromatic heterocycles. The minimum absolute atomic E-state index is 0.0462. The summed E-state index contributed by atoms with van der Waals surface area (Å²) < 4.78 is 0. The van der Waals surface area contributed by atoms with Crippen LogP contribution in [0.25, 0.3) is 0 Å². The van der Waals surface area contributed by atoms with E-state index in [0.717, 1.165) is 23.4 Å². The first-order valence-corrected chi connectivity index (χ1v) is 7.03. The first-order chi connectivity index (χ1) is 8.22. The molecule has 0 amide bonds. The van der Waals surface area contributed by atoms with Crippen LogP contribution in [0, 0.1) is 0 Å². The smallest absolute Gasteiger partial charge is 0.0438 e. The van der Waals surface area contributed by atoms with Gasteiger partial charge in [0.1, 0.15) is 0 Å². The van der Waals surface area contributed by atoms with Gasteiger partial charge in [-0.1, -0.05) is 36.7 Å². The Kier molecular flexibility index (Phi) is 4.21. The summed E-state index contributed by atoms with van der Waals surface area (Å²) in [6.45, 7) is 2.16. The molecule has 2 N–H and O–H groups in total. The highest BCUT2D eigenvalue weighted by Gasteiger charge is 2.13. The van der Waals surface area contributed by atoms with Crippen molar-refractivity contribution in [3.63, 3.8) is 0 Å². The van der Waals surface area contributed by atoms with Crippen LogP contribution in [0.5, 0.6) is 0 Å². The van der Waals surface area contributed by atoms with Crippen molar-refractivity contribution in [3.8, 4) is 0 Å². The molecule has 2 aromatic rings. The number of halogens is 1. The molecule has 0 radical (unpaired) electrons. The van der Waals surface area contributed by atoms with E-state index in [0.29, 0.717) is 0 Å². The van der Waals surface area contributed by atoms with Crippen LogP contribution in [0.1, 0.15) is 29.0 Å². The van der Waals surface area contributed by atoms with Gasteiger partial charge >= 0.3 is 0 Å². The third-order valence-corrected chi connectivity index (χ3v) is 4.36. The Morgan fingerprint density at radius 1 is 1.24 bits per heavy atom. The van der Waals surface area contributed by atoms with Crippen LogP contribution < -0.4 is 5.73 Å². The average Bonchev–Trinajstić information content (AvgIpc) is 2.80. The number of hydrogen-bond donors (Lipinski definition) is 1. The van der Waals surface area contributed by atoms with E-state index >= 15 is 0 Å². The van der Waals surface area contributed by atoms with Gasteiger partial charge in [0.2, 0.25) is 0 Å². The summed E-state index contributed by atoms with van der Waals surface area (Å²) in [5.74, 6) is 0. The lowest BCUT2D eigenvalue weighted by molar-refractivity contribution is 0.728. The van der Waals surface area contributed by atoms with E-state index in [4.69, 9.17) is 17.3 Å². The first kappa shape index (κ1) is 12.6. The number of hydrogen-bond acceptors (Lipinski definition) is 2. The topological polar surface area (TPSA) is 26.0 Å². The van der Waals surface area contributed by atoms with E-state index in [2.05, 4.69) is 18.4 Å². The van der Waals surface area contributed by atoms with Gasteiger partial charge in [-0.3, -0.25) is 0 Å². The van der Waals surface area contributed by atoms with Gasteiger partial charge in [-0.2, -0.15) is 0 Å². The number of rotatable bonds is 4. The van der Waals surface area contributed by atoms with Crippen molar-refractivity contribution >= 4 is 22.9 Å². The van der Waals surface area contributed by atoms with Crippen molar-refractivity contribution in [3.05, 3.63) is 56.7 Å². The molecule has 0 aliphatic carbocycles. The number of thiophene rings is 1. The molecule has 0 aliphatic heterocycles. The summed E-state index contributed by atoms with van der Waals surface area (Å²) in [7, 11) is 0. The highest BCUT2D eigenvalue weighted by molar-refractivity contribution is 7.10. The maximum atomic E-state index is 6.27. The van der Waals surface area contributed by atoms with Crippen LogP contribution in [0.3, 0.4) is 0 Å². The molecule has 1 nitrogen and oxygen atoms in total. The van der Waals surface area contributed by atoms with Crippen LogP contribution in [-0.4, -0.2) is 0 Å². The van der Waals surface area contributed by atoms with Crippen molar-refractivity contribution in [1.82, 2.24) is 0 Å². The van der Waals surface area contributed by atoms with Crippen LogP contribution in [0.15, 0.2) is 35.7 Å². The molecule has 0 bridgehead atoms. The van der Waals surface area contributed by atoms with Gasteiger partial charge < -0.3 is 5.73 Å². The molecule has 3 heteroatoms. The maximum Gasteiger partial charge on any atom is 0.0438 e. The summed E-state index contributed by atoms with van der Waals surface area (Å²) >= 11 is 7.89. The van der Waals surface area contributed by atoms with Gasteiger partial charge in [0.15, 0.2) is 0 Å². The Balaban J connectivity index is 2.17. The highest BCUT2D eigenvalue weighted by Crippen LogP contribution is 2.28. The monoisotopic (exact) mass is 265 g/mol. The van der Waals surface area contributed by atoms with E-state index < -0.39 is 0 Å². The summed E-state index contributed by atoms with van der Waals surface area (Å²) in [5.41, 5.74) is 8.75. The highest BCUT2D eigenvalue weighted by atomic mass is 35.5. The van der Waals surface area contributed by atoms with E-state index in [1.807, 2.05) is 24.3 Å². The van der Waals surface area contributed by atoms with Gasteiger partial charge in [-0.25, -0.2) is 0 Å². The molecule has 1 aromatic carbocycles. The molecule has 0 saturated carbocycles. The Morgan fingerprint density at radius 3 is 2.71 bits per heavy atom. The lowest BCUT2D eigenvalue weighted by Gasteiger charge is -2.13. The summed E-state index contributed by atoms with van der Waals surface area (Å²) in [5, 5.41) is 2.92. The van der Waals surface area contributed by atoms with Crippen LogP contribution in [-0.2, 0) is 12.8 Å². The van der Waals surface area contributed by atoms with Crippen LogP contribution in [0.4, 0.5) is 0 Å². The number of aryl methyl sites for hydroxylation is 1. The minimum atomic E-state index is 0.0462. The molecular weight excluding hydrogens is 250 g/mol. The Morgan fingerprint density at radius 2 is 2.00 bits per heavy atom. The number of benzene rings is 1. The first-order valence-electron chi connectivity index (χ1n) is 5.77. The quantitative estimate of drug-likeness (QED) is 0.881. The molecular formula is C14H16ClNS. The van der Waals surface area contributed by atoms with Gasteiger partial charge in [0, 0.05) is 15.9 Å². The Hall–Kier alpha value is -0.830. The van der Waals surface area contributed by atoms with E-state index in [-0.39, 0.29) is 6.04 Å². The molecule has 0 saturated heterocycles. The van der Waals surface area contributed by atoms with E-state index in [9.17, 15) is 0 Å². The fourth-order valence-corrected chi connectivity index (χ4v) is 3.17. The Labute approximate surface area is 111 Å². The molecule has 1 atom stereocenters. The summed E-state index contributed by atoms with van der Waals surface area (Å²) in [4.78, 5) is 1.28. The van der Waals surface area contributed by atoms with Crippen molar-refractivity contribution in [2.24, 2.45) is 5.73 Å². The Bertz CT molecular complexity index is 492. The lowest BCUT2D eigenvalue weighted by Crippen LogP contribution is -2.13. The average molecular weight is 266 g/mol. The van der Waals surface area contributed by atoms with Gasteiger partial charge in [-0.05, 0) is 41.5 Å². The third-order valence-electron chi connectivity index (χ3n) is 2.90. The van der Waals surface area contributed by atoms with Gasteiger partial charge in [-0.15, -0.1) is 11.3 Å². The van der Waals surface area contributed by atoms with Crippen molar-refractivity contribution in [1.29, 1.82) is 0 Å². The zero-order valence-corrected chi connectivity index (χ0v) is 11.4. The zero-order chi connectivity index (χ0) is 12.3. The molecule has 90 valence electrons. The molecule has 17 heavy (non-hydrogen) atoms. The maximum absolute atomic E-state index is 6.27. The standard InChI is InChI=1S/C14H16ClNS/c1-2-10-7-8-17-14(10)13(16)9-11-5-3-4-6-12(11)15/h3-8,13H,2,9,16H2,1H3. The van der Waals surface area contributed by atoms with Gasteiger partial charge in [0.05, 0.1) is 0 Å². The lowest BCUT2D eigenvalue weighted by atomic mass is 10.0. The van der Waals surface area contributed by atoms with E-state index in [1.165, 1.54) is 10.4 Å². The number of nitrogens with two attached hydrogens (primary N) is 1. The predicted molar refractivity (Wildman–Crippen MR) is 75.8 cm³/mol. The van der Waals surface area contributed by atoms with E-state index in [1.54, 1.807) is 11.3 Å². The molecule has 0 aliphatic rings. The second-order valence-corrected chi connectivity index (χ2v) is 5.42. The fourth-order valence-electron chi connectivity index (χ4n) is 1.96. The van der Waals surface area contributed by atoms with Crippen LogP contribution in [0.2, 0.25) is 5.02 Å². The van der Waals surface area contributed by atoms with Crippen LogP contribution >= 0.6 is 22.9 Å². The largest absolute Gasteiger partial charge is 0.323 e. The molecule has 0 fully saturated rings. The second kappa shape index (κ2) is 5.67. The SMILES string of the molecule is CCc1ccsc1C(N)Cc1ccccc1Cl. The molecule has 1 heterocycles. The van der Waals surface area contributed by atoms with Crippen molar-refractivity contribution in [2.75, 3.05) is 0 Å².